The summed E-state index contributed by atoms with van der Waals surface area (Å²) in [4.78, 5) is 17.0. The molecule has 124 valence electrons. The fourth-order valence-electron chi connectivity index (χ4n) is 2.55. The number of nitrogens with one attached hydrogen (secondary N) is 1. The van der Waals surface area contributed by atoms with Crippen LogP contribution in [0, 0.1) is 6.92 Å². The van der Waals surface area contributed by atoms with Crippen LogP contribution in [0.3, 0.4) is 0 Å². The van der Waals surface area contributed by atoms with E-state index in [-0.39, 0.29) is 5.91 Å². The van der Waals surface area contributed by atoms with E-state index in [1.807, 2.05) is 25.1 Å². The number of rotatable bonds is 4. The Kier molecular flexibility index (Phi) is 4.51. The first kappa shape index (κ1) is 16.4. The Hall–Kier alpha value is -2.44. The topological polar surface area (TPSA) is 69.0 Å². The second kappa shape index (κ2) is 6.59. The number of halogens is 1. The summed E-state index contributed by atoms with van der Waals surface area (Å²) in [6.45, 7) is 1.95. The molecule has 2 aromatic heterocycles. The minimum absolute atomic E-state index is 0.308. The van der Waals surface area contributed by atoms with Crippen molar-refractivity contribution >= 4 is 34.2 Å². The van der Waals surface area contributed by atoms with Gasteiger partial charge >= 0.3 is 0 Å². The van der Waals surface area contributed by atoms with Gasteiger partial charge in [0, 0.05) is 36.3 Å². The summed E-state index contributed by atoms with van der Waals surface area (Å²) < 4.78 is 6.92. The van der Waals surface area contributed by atoms with Crippen molar-refractivity contribution in [2.24, 2.45) is 7.05 Å². The lowest BCUT2D eigenvalue weighted by molar-refractivity contribution is -0.126. The molecular formula is C17H17ClN4O2. The first-order chi connectivity index (χ1) is 11.5. The molecule has 0 aliphatic heterocycles. The predicted octanol–water partition coefficient (Wildman–Crippen LogP) is 3.26. The monoisotopic (exact) mass is 344 g/mol. The van der Waals surface area contributed by atoms with Crippen molar-refractivity contribution < 1.29 is 9.53 Å². The minimum Gasteiger partial charge on any atom is -0.367 e. The number of hydrogen-bond acceptors (Lipinski definition) is 4. The number of fused-ring (bicyclic) bond motifs is 1. The molecule has 1 atom stereocenters. The number of amides is 1. The molecule has 0 saturated carbocycles. The van der Waals surface area contributed by atoms with Gasteiger partial charge in [-0.2, -0.15) is 5.10 Å². The molecule has 7 heteroatoms. The van der Waals surface area contributed by atoms with Gasteiger partial charge in [0.05, 0.1) is 11.7 Å². The average Bonchev–Trinajstić information content (AvgIpc) is 2.98. The molecule has 24 heavy (non-hydrogen) atoms. The standard InChI is InChI=1S/C17H17ClN4O2/c1-10-4-6-13(18)12-5-7-14(20-15(10)12)21-17(23)16(24-3)11-8-19-22(2)9-11/h4-9,16H,1-3H3,(H,20,21,23)/t16-/m1/s1. The summed E-state index contributed by atoms with van der Waals surface area (Å²) in [5, 5.41) is 8.33. The van der Waals surface area contributed by atoms with Gasteiger partial charge in [0.1, 0.15) is 5.82 Å². The number of hydrogen-bond donors (Lipinski definition) is 1. The largest absolute Gasteiger partial charge is 0.367 e. The van der Waals surface area contributed by atoms with Crippen LogP contribution in [-0.4, -0.2) is 27.8 Å². The molecule has 1 amide bonds. The SMILES string of the molecule is CO[C@@H](C(=O)Nc1ccc2c(Cl)ccc(C)c2n1)c1cnn(C)c1. The van der Waals surface area contributed by atoms with E-state index in [4.69, 9.17) is 16.3 Å². The molecule has 0 spiro atoms. The van der Waals surface area contributed by atoms with Crippen LogP contribution in [0.2, 0.25) is 5.02 Å². The number of methoxy groups -OCH3 is 1. The van der Waals surface area contributed by atoms with Gasteiger partial charge in [-0.15, -0.1) is 0 Å². The fourth-order valence-corrected chi connectivity index (χ4v) is 2.77. The van der Waals surface area contributed by atoms with Gasteiger partial charge in [-0.25, -0.2) is 4.98 Å². The van der Waals surface area contributed by atoms with E-state index in [2.05, 4.69) is 15.4 Å². The van der Waals surface area contributed by atoms with Crippen LogP contribution < -0.4 is 5.32 Å². The van der Waals surface area contributed by atoms with Crippen LogP contribution in [-0.2, 0) is 16.6 Å². The van der Waals surface area contributed by atoms with Crippen molar-refractivity contribution in [1.82, 2.24) is 14.8 Å². The van der Waals surface area contributed by atoms with Gasteiger partial charge in [0.25, 0.3) is 5.91 Å². The highest BCUT2D eigenvalue weighted by Gasteiger charge is 2.22. The Morgan fingerprint density at radius 2 is 2.12 bits per heavy atom. The molecule has 0 unspecified atom stereocenters. The van der Waals surface area contributed by atoms with Gasteiger partial charge < -0.3 is 10.1 Å². The molecule has 3 aromatic rings. The highest BCUT2D eigenvalue weighted by molar-refractivity contribution is 6.35. The lowest BCUT2D eigenvalue weighted by atomic mass is 10.1. The van der Waals surface area contributed by atoms with Crippen LogP contribution in [0.5, 0.6) is 0 Å². The summed E-state index contributed by atoms with van der Waals surface area (Å²) in [5.41, 5.74) is 2.43. The van der Waals surface area contributed by atoms with Crippen LogP contribution in [0.25, 0.3) is 10.9 Å². The Morgan fingerprint density at radius 1 is 1.33 bits per heavy atom. The number of benzene rings is 1. The number of nitrogens with zero attached hydrogens (tertiary/aromatic N) is 3. The van der Waals surface area contributed by atoms with E-state index < -0.39 is 6.10 Å². The van der Waals surface area contributed by atoms with Gasteiger partial charge in [0.2, 0.25) is 0 Å². The number of ether oxygens (including phenoxy) is 1. The molecule has 0 saturated heterocycles. The quantitative estimate of drug-likeness (QED) is 0.788. The molecule has 0 aliphatic carbocycles. The molecule has 6 nitrogen and oxygen atoms in total. The number of aromatic nitrogens is 3. The second-order valence-corrected chi connectivity index (χ2v) is 5.92. The summed E-state index contributed by atoms with van der Waals surface area (Å²) in [7, 11) is 3.26. The molecule has 0 aliphatic rings. The van der Waals surface area contributed by atoms with Crippen molar-refractivity contribution in [3.8, 4) is 0 Å². The summed E-state index contributed by atoms with van der Waals surface area (Å²) in [6.07, 6.45) is 2.59. The predicted molar refractivity (Wildman–Crippen MR) is 93.1 cm³/mol. The molecule has 2 heterocycles. The van der Waals surface area contributed by atoms with E-state index in [0.717, 1.165) is 16.5 Å². The molecule has 0 fully saturated rings. The maximum Gasteiger partial charge on any atom is 0.259 e. The summed E-state index contributed by atoms with van der Waals surface area (Å²) >= 11 is 6.19. The average molecular weight is 345 g/mol. The number of carbonyl (C=O) groups is 1. The summed E-state index contributed by atoms with van der Waals surface area (Å²) in [5.74, 6) is 0.140. The zero-order valence-corrected chi connectivity index (χ0v) is 14.3. The fraction of sp³-hybridized carbons (Fsp3) is 0.235. The Labute approximate surface area is 144 Å². The van der Waals surface area contributed by atoms with Gasteiger partial charge in [-0.3, -0.25) is 9.48 Å². The number of anilines is 1. The Balaban J connectivity index is 1.88. The highest BCUT2D eigenvalue weighted by Crippen LogP contribution is 2.26. The van der Waals surface area contributed by atoms with E-state index in [1.165, 1.54) is 7.11 Å². The number of aryl methyl sites for hydroxylation is 2. The molecule has 3 rings (SSSR count). The first-order valence-electron chi connectivity index (χ1n) is 7.37. The number of carbonyl (C=O) groups excluding carboxylic acids is 1. The first-order valence-corrected chi connectivity index (χ1v) is 7.75. The molecule has 1 aromatic carbocycles. The van der Waals surface area contributed by atoms with Crippen LogP contribution in [0.15, 0.2) is 36.7 Å². The molecule has 1 N–H and O–H groups in total. The van der Waals surface area contributed by atoms with Crippen LogP contribution >= 0.6 is 11.6 Å². The van der Waals surface area contributed by atoms with Crippen molar-refractivity contribution in [3.05, 3.63) is 52.8 Å². The van der Waals surface area contributed by atoms with Gasteiger partial charge in [-0.1, -0.05) is 17.7 Å². The third-order valence-corrected chi connectivity index (χ3v) is 4.09. The lowest BCUT2D eigenvalue weighted by Gasteiger charge is -2.14. The zero-order chi connectivity index (χ0) is 17.3. The van der Waals surface area contributed by atoms with Crippen molar-refractivity contribution in [2.45, 2.75) is 13.0 Å². The highest BCUT2D eigenvalue weighted by atomic mass is 35.5. The van der Waals surface area contributed by atoms with E-state index in [1.54, 1.807) is 30.2 Å². The smallest absolute Gasteiger partial charge is 0.259 e. The molecular weight excluding hydrogens is 328 g/mol. The maximum absolute atomic E-state index is 12.5. The van der Waals surface area contributed by atoms with E-state index in [9.17, 15) is 4.79 Å². The Morgan fingerprint density at radius 3 is 2.79 bits per heavy atom. The normalized spacial score (nSPS) is 12.3. The zero-order valence-electron chi connectivity index (χ0n) is 13.6. The van der Waals surface area contributed by atoms with Gasteiger partial charge in [-0.05, 0) is 30.7 Å². The lowest BCUT2D eigenvalue weighted by Crippen LogP contribution is -2.22. The number of pyridine rings is 1. The maximum atomic E-state index is 12.5. The van der Waals surface area contributed by atoms with E-state index in [0.29, 0.717) is 16.4 Å². The Bertz CT molecular complexity index is 907. The second-order valence-electron chi connectivity index (χ2n) is 5.51. The van der Waals surface area contributed by atoms with Crippen molar-refractivity contribution in [2.75, 3.05) is 12.4 Å². The minimum atomic E-state index is -0.753. The molecule has 0 radical (unpaired) electrons. The third-order valence-electron chi connectivity index (χ3n) is 3.76. The summed E-state index contributed by atoms with van der Waals surface area (Å²) in [6, 6.07) is 7.31. The molecule has 0 bridgehead atoms. The third kappa shape index (κ3) is 3.11. The van der Waals surface area contributed by atoms with E-state index >= 15 is 0 Å². The van der Waals surface area contributed by atoms with Gasteiger partial charge in [0.15, 0.2) is 6.10 Å². The van der Waals surface area contributed by atoms with Crippen molar-refractivity contribution in [3.63, 3.8) is 0 Å². The van der Waals surface area contributed by atoms with Crippen LogP contribution in [0.1, 0.15) is 17.2 Å². The van der Waals surface area contributed by atoms with Crippen molar-refractivity contribution in [1.29, 1.82) is 0 Å². The van der Waals surface area contributed by atoms with Crippen LogP contribution in [0.4, 0.5) is 5.82 Å².